The topological polar surface area (TPSA) is 97.0 Å². The summed E-state index contributed by atoms with van der Waals surface area (Å²) in [5, 5.41) is 6.11. The summed E-state index contributed by atoms with van der Waals surface area (Å²) in [6.45, 7) is 3.16. The molecule has 2 saturated heterocycles. The van der Waals surface area contributed by atoms with Crippen LogP contribution >= 0.6 is 0 Å². The number of fused-ring (bicyclic) bond motifs is 1. The van der Waals surface area contributed by atoms with E-state index < -0.39 is 6.04 Å². The molecule has 1 aromatic rings. The van der Waals surface area contributed by atoms with Gasteiger partial charge in [-0.15, -0.1) is 0 Å². The smallest absolute Gasteiger partial charge is 0.255 e. The summed E-state index contributed by atoms with van der Waals surface area (Å²) in [5.41, 5.74) is 1.50. The molecule has 4 aliphatic rings. The molecule has 3 atom stereocenters. The first-order valence-corrected chi connectivity index (χ1v) is 12.8. The maximum absolute atomic E-state index is 12.9. The average molecular weight is 470 g/mol. The lowest BCUT2D eigenvalue weighted by Gasteiger charge is -2.33. The van der Waals surface area contributed by atoms with Crippen LogP contribution in [0.2, 0.25) is 0 Å². The van der Waals surface area contributed by atoms with Crippen LogP contribution < -0.4 is 15.4 Å². The number of hydrogen-bond acceptors (Lipinski definition) is 6. The highest BCUT2D eigenvalue weighted by molar-refractivity contribution is 6.05. The Kier molecular flexibility index (Phi) is 7.15. The van der Waals surface area contributed by atoms with Gasteiger partial charge < -0.3 is 19.7 Å². The van der Waals surface area contributed by atoms with Gasteiger partial charge in [-0.25, -0.2) is 0 Å². The van der Waals surface area contributed by atoms with Crippen molar-refractivity contribution >= 4 is 17.7 Å². The molecule has 1 aliphatic carbocycles. The Morgan fingerprint density at radius 2 is 1.88 bits per heavy atom. The number of nitrogens with zero attached hydrogens (tertiary/aromatic N) is 1. The van der Waals surface area contributed by atoms with Gasteiger partial charge in [-0.2, -0.15) is 0 Å². The van der Waals surface area contributed by atoms with Crippen LogP contribution in [0.3, 0.4) is 0 Å². The van der Waals surface area contributed by atoms with E-state index in [0.29, 0.717) is 24.6 Å². The monoisotopic (exact) mass is 469 g/mol. The minimum atomic E-state index is -0.593. The number of carbonyl (C=O) groups is 3. The maximum atomic E-state index is 12.9. The van der Waals surface area contributed by atoms with Crippen molar-refractivity contribution in [3.05, 3.63) is 29.3 Å². The lowest BCUT2D eigenvalue weighted by atomic mass is 9.91. The van der Waals surface area contributed by atoms with Gasteiger partial charge in [0.05, 0.1) is 0 Å². The Bertz CT molecular complexity index is 929. The highest BCUT2D eigenvalue weighted by Crippen LogP contribution is 2.32. The normalized spacial score (nSPS) is 28.1. The van der Waals surface area contributed by atoms with Gasteiger partial charge >= 0.3 is 0 Å². The Labute approximate surface area is 200 Å². The molecule has 1 unspecified atom stereocenters. The highest BCUT2D eigenvalue weighted by atomic mass is 16.5. The van der Waals surface area contributed by atoms with Crippen LogP contribution in [0.5, 0.6) is 5.75 Å². The first kappa shape index (κ1) is 23.3. The first-order chi connectivity index (χ1) is 16.6. The molecule has 3 amide bonds. The van der Waals surface area contributed by atoms with Gasteiger partial charge in [0, 0.05) is 37.8 Å². The summed E-state index contributed by atoms with van der Waals surface area (Å²) in [4.78, 5) is 38.3. The van der Waals surface area contributed by atoms with Gasteiger partial charge in [0.2, 0.25) is 11.8 Å². The van der Waals surface area contributed by atoms with E-state index in [-0.39, 0.29) is 30.2 Å². The third-order valence-corrected chi connectivity index (χ3v) is 7.78. The molecule has 3 aliphatic heterocycles. The molecule has 184 valence electrons. The van der Waals surface area contributed by atoms with E-state index in [1.807, 2.05) is 18.2 Å². The van der Waals surface area contributed by atoms with Crippen LogP contribution in [-0.2, 0) is 20.9 Å². The van der Waals surface area contributed by atoms with Crippen molar-refractivity contribution in [2.24, 2.45) is 5.92 Å². The van der Waals surface area contributed by atoms with Gasteiger partial charge in [-0.3, -0.25) is 19.7 Å². The molecular formula is C26H35N3O5. The number of benzene rings is 1. The zero-order valence-electron chi connectivity index (χ0n) is 19.7. The quantitative estimate of drug-likeness (QED) is 0.596. The Morgan fingerprint density at radius 3 is 2.71 bits per heavy atom. The number of imide groups is 1. The van der Waals surface area contributed by atoms with E-state index in [2.05, 4.69) is 10.6 Å². The fraction of sp³-hybridized carbons (Fsp3) is 0.654. The second-order valence-corrected chi connectivity index (χ2v) is 10.1. The molecule has 2 N–H and O–H groups in total. The lowest BCUT2D eigenvalue weighted by molar-refractivity contribution is -0.136. The molecule has 5 rings (SSSR count). The van der Waals surface area contributed by atoms with Crippen molar-refractivity contribution < 1.29 is 23.9 Å². The largest absolute Gasteiger partial charge is 0.489 e. The van der Waals surface area contributed by atoms with Crippen LogP contribution in [0, 0.1) is 5.92 Å². The van der Waals surface area contributed by atoms with E-state index >= 15 is 0 Å². The molecule has 8 heteroatoms. The van der Waals surface area contributed by atoms with Crippen molar-refractivity contribution in [3.8, 4) is 5.75 Å². The Hall–Kier alpha value is -2.45. The van der Waals surface area contributed by atoms with Crippen LogP contribution in [0.1, 0.15) is 73.7 Å². The zero-order chi connectivity index (χ0) is 23.5. The number of hydrogen-bond donors (Lipinski definition) is 2. The van der Waals surface area contributed by atoms with Gasteiger partial charge in [-0.05, 0) is 81.2 Å². The number of rotatable bonds is 7. The van der Waals surface area contributed by atoms with Crippen molar-refractivity contribution in [1.29, 1.82) is 0 Å². The standard InChI is InChI=1S/C26H35N3O5/c30-24-8-7-22(25(31)28-24)29-16-18-15-19(5-6-20(18)26(29)32)34-23-4-2-1-3-21(23)27-12-9-17-10-13-33-14-11-17/h5-6,15,17,21-23,27H,1-4,7-14,16H2,(H,28,30,31)/t21-,22?,23-/m1/s1. The molecule has 0 radical (unpaired) electrons. The zero-order valence-corrected chi connectivity index (χ0v) is 19.7. The van der Waals surface area contributed by atoms with Crippen LogP contribution in [0.25, 0.3) is 0 Å². The SMILES string of the molecule is O=C1CCC(N2Cc3cc(O[C@@H]4CCCC[C@H]4NCCC4CCOCC4)ccc3C2=O)C(=O)N1. The maximum Gasteiger partial charge on any atom is 0.255 e. The lowest BCUT2D eigenvalue weighted by Crippen LogP contribution is -2.52. The van der Waals surface area contributed by atoms with E-state index in [1.165, 1.54) is 12.8 Å². The molecule has 1 aromatic carbocycles. The highest BCUT2D eigenvalue weighted by Gasteiger charge is 2.39. The molecular weight excluding hydrogens is 434 g/mol. The third-order valence-electron chi connectivity index (χ3n) is 7.78. The number of carbonyl (C=O) groups excluding carboxylic acids is 3. The minimum Gasteiger partial charge on any atom is -0.489 e. The van der Waals surface area contributed by atoms with Crippen molar-refractivity contribution in [3.63, 3.8) is 0 Å². The minimum absolute atomic E-state index is 0.116. The molecule has 0 bridgehead atoms. The fourth-order valence-electron chi connectivity index (χ4n) is 5.78. The van der Waals surface area contributed by atoms with Crippen LogP contribution in [-0.4, -0.2) is 60.6 Å². The van der Waals surface area contributed by atoms with Gasteiger partial charge in [0.15, 0.2) is 0 Å². The summed E-state index contributed by atoms with van der Waals surface area (Å²) >= 11 is 0. The van der Waals surface area contributed by atoms with Gasteiger partial charge in [0.1, 0.15) is 17.9 Å². The molecule has 1 saturated carbocycles. The number of nitrogens with one attached hydrogen (secondary N) is 2. The van der Waals surface area contributed by atoms with Crippen LogP contribution in [0.15, 0.2) is 18.2 Å². The van der Waals surface area contributed by atoms with Gasteiger partial charge in [-0.1, -0.05) is 6.42 Å². The molecule has 34 heavy (non-hydrogen) atoms. The molecule has 8 nitrogen and oxygen atoms in total. The molecule has 0 aromatic heterocycles. The number of amides is 3. The number of piperidine rings is 1. The molecule has 3 heterocycles. The summed E-state index contributed by atoms with van der Waals surface area (Å²) < 4.78 is 11.9. The Balaban J connectivity index is 1.19. The first-order valence-electron chi connectivity index (χ1n) is 12.8. The van der Waals surface area contributed by atoms with E-state index in [9.17, 15) is 14.4 Å². The second-order valence-electron chi connectivity index (χ2n) is 10.1. The third kappa shape index (κ3) is 5.13. The Morgan fingerprint density at radius 1 is 1.06 bits per heavy atom. The summed E-state index contributed by atoms with van der Waals surface area (Å²) in [6, 6.07) is 5.38. The van der Waals surface area contributed by atoms with E-state index in [4.69, 9.17) is 9.47 Å². The summed E-state index contributed by atoms with van der Waals surface area (Å²) in [7, 11) is 0. The summed E-state index contributed by atoms with van der Waals surface area (Å²) in [5.74, 6) is 0.724. The van der Waals surface area contributed by atoms with Crippen molar-refractivity contribution in [2.75, 3.05) is 19.8 Å². The van der Waals surface area contributed by atoms with Gasteiger partial charge in [0.25, 0.3) is 5.91 Å². The van der Waals surface area contributed by atoms with E-state index in [0.717, 1.165) is 69.1 Å². The predicted molar refractivity (Wildman–Crippen MR) is 125 cm³/mol. The molecule has 0 spiro atoms. The van der Waals surface area contributed by atoms with Crippen molar-refractivity contribution in [2.45, 2.75) is 82.5 Å². The summed E-state index contributed by atoms with van der Waals surface area (Å²) in [6.07, 6.45) is 8.77. The predicted octanol–water partition coefficient (Wildman–Crippen LogP) is 2.54. The number of ether oxygens (including phenoxy) is 2. The fourth-order valence-corrected chi connectivity index (χ4v) is 5.78. The molecule has 3 fully saturated rings. The van der Waals surface area contributed by atoms with E-state index in [1.54, 1.807) is 4.90 Å². The second kappa shape index (κ2) is 10.4. The van der Waals surface area contributed by atoms with Crippen molar-refractivity contribution in [1.82, 2.24) is 15.5 Å². The average Bonchev–Trinajstić information content (AvgIpc) is 3.16. The van der Waals surface area contributed by atoms with Crippen LogP contribution in [0.4, 0.5) is 0 Å².